The molecule has 6 aliphatic rings. The van der Waals surface area contributed by atoms with Gasteiger partial charge in [-0.15, -0.1) is 0 Å². The summed E-state index contributed by atoms with van der Waals surface area (Å²) < 4.78 is 128. The quantitative estimate of drug-likeness (QED) is 0.142. The van der Waals surface area contributed by atoms with Gasteiger partial charge in [0.2, 0.25) is 23.6 Å². The van der Waals surface area contributed by atoms with E-state index in [1.165, 1.54) is 0 Å². The fourth-order valence-electron chi connectivity index (χ4n) is 7.56. The number of hydrogen-bond donors (Lipinski definition) is 10. The van der Waals surface area contributed by atoms with Crippen LogP contribution in [0.15, 0.2) is 72.8 Å². The van der Waals surface area contributed by atoms with Crippen molar-refractivity contribution in [2.24, 2.45) is 5.73 Å². The Morgan fingerprint density at radius 3 is 1.37 bits per heavy atom. The van der Waals surface area contributed by atoms with E-state index >= 15 is 0 Å². The number of rotatable bonds is 8. The molecule has 0 aromatic heterocycles. The average Bonchev–Trinajstić information content (AvgIpc) is 3.38. The number of carbonyl (C=O) groups excluding carboxylic acids is 4. The number of nitrogens with two attached hydrogens (primary N) is 1. The molecule has 2 fully saturated rings. The molecule has 6 bridgehead atoms. The Kier molecular flexibility index (Phi) is 26.0. The Bertz CT molecular complexity index is 2540. The van der Waals surface area contributed by atoms with Crippen molar-refractivity contribution in [1.82, 2.24) is 29.9 Å². The van der Waals surface area contributed by atoms with Crippen LogP contribution in [0.5, 0.6) is 0 Å². The topological polar surface area (TPSA) is 319 Å². The molecule has 79 heavy (non-hydrogen) atoms. The number of amides is 4. The summed E-state index contributed by atoms with van der Waals surface area (Å²) in [5, 5.41) is 33.0. The number of fused-ring (bicyclic) bond motifs is 3. The zero-order chi connectivity index (χ0) is 59.1. The molecule has 3 aromatic rings. The van der Waals surface area contributed by atoms with Gasteiger partial charge in [0, 0.05) is 89.0 Å². The number of halogens is 9. The van der Waals surface area contributed by atoms with Crippen LogP contribution in [0.2, 0.25) is 0 Å². The molecule has 438 valence electrons. The van der Waals surface area contributed by atoms with E-state index in [2.05, 4.69) is 40.5 Å². The van der Waals surface area contributed by atoms with Crippen LogP contribution in [0.1, 0.15) is 67.2 Å². The first-order valence-electron chi connectivity index (χ1n) is 24.1. The molecule has 3 aromatic carbocycles. The highest BCUT2D eigenvalue weighted by molar-refractivity contribution is 7.87. The molecule has 4 amide bonds. The van der Waals surface area contributed by atoms with Crippen LogP contribution < -0.4 is 36.4 Å². The molecule has 5 aliphatic heterocycles. The Labute approximate surface area is 447 Å². The molecule has 0 spiro atoms. The fourth-order valence-corrected chi connectivity index (χ4v) is 8.87. The molecule has 5 heterocycles. The van der Waals surface area contributed by atoms with Gasteiger partial charge >= 0.3 is 36.4 Å². The van der Waals surface area contributed by atoms with Gasteiger partial charge in [0.05, 0.1) is 0 Å². The van der Waals surface area contributed by atoms with Crippen LogP contribution in [0.4, 0.5) is 50.9 Å². The lowest BCUT2D eigenvalue weighted by atomic mass is 9.96. The zero-order valence-electron chi connectivity index (χ0n) is 42.0. The van der Waals surface area contributed by atoms with Crippen LogP contribution in [0.3, 0.4) is 0 Å². The third-order valence-corrected chi connectivity index (χ3v) is 13.0. The smallest absolute Gasteiger partial charge is 0.475 e. The Morgan fingerprint density at radius 1 is 0.582 bits per heavy atom. The Morgan fingerprint density at radius 2 is 0.975 bits per heavy atom. The number of nitrogens with zero attached hydrogens (tertiary/aromatic N) is 2. The lowest BCUT2D eigenvalue weighted by Crippen LogP contribution is -2.57. The van der Waals surface area contributed by atoms with Crippen molar-refractivity contribution in [2.45, 2.75) is 108 Å². The van der Waals surface area contributed by atoms with Gasteiger partial charge in [-0.25, -0.2) is 14.4 Å². The van der Waals surface area contributed by atoms with E-state index < -0.39 is 70.5 Å². The average molecular weight is 1160 g/mol. The Balaban J connectivity index is 0.000000658. The summed E-state index contributed by atoms with van der Waals surface area (Å²) in [4.78, 5) is 85.1. The minimum absolute atomic E-state index is 0.0200. The molecule has 1 saturated heterocycles. The number of alkyl halides is 9. The van der Waals surface area contributed by atoms with E-state index in [1.807, 2.05) is 24.3 Å². The number of carbonyl (C=O) groups is 7. The number of nitrogens with one attached hydrogen (secondary N) is 6. The van der Waals surface area contributed by atoms with Crippen molar-refractivity contribution in [3.05, 3.63) is 95.1 Å². The maximum atomic E-state index is 14.2. The van der Waals surface area contributed by atoms with Crippen molar-refractivity contribution < 1.29 is 96.8 Å². The van der Waals surface area contributed by atoms with Gasteiger partial charge in [0.25, 0.3) is 10.2 Å². The minimum atomic E-state index is -5.08. The first kappa shape index (κ1) is 66.4. The highest BCUT2D eigenvalue weighted by atomic mass is 32.2. The number of piperazine rings is 1. The molecule has 31 heteroatoms. The summed E-state index contributed by atoms with van der Waals surface area (Å²) in [5.41, 5.74) is 10.1. The van der Waals surface area contributed by atoms with Gasteiger partial charge in [-0.05, 0) is 65.8 Å². The second-order valence-electron chi connectivity index (χ2n) is 17.9. The van der Waals surface area contributed by atoms with Crippen molar-refractivity contribution in [2.75, 3.05) is 49.9 Å². The molecular weight excluding hydrogens is 1100 g/mol. The third kappa shape index (κ3) is 26.1. The fraction of sp³-hybridized carbons (Fsp3) is 0.479. The van der Waals surface area contributed by atoms with Gasteiger partial charge < -0.3 is 52.1 Å². The molecule has 1 saturated carbocycles. The van der Waals surface area contributed by atoms with E-state index in [4.69, 9.17) is 35.4 Å². The number of hydrogen-bond acceptors (Lipinski definition) is 12. The monoisotopic (exact) mass is 1160 g/mol. The summed E-state index contributed by atoms with van der Waals surface area (Å²) in [6.45, 7) is 5.05. The van der Waals surface area contributed by atoms with Crippen LogP contribution >= 0.6 is 0 Å². The molecular formula is C48H60F9N9O12S. The van der Waals surface area contributed by atoms with Gasteiger partial charge in [0.1, 0.15) is 12.1 Å². The number of benzene rings is 3. The SMILES string of the molecule is NCc1ccc(CNC(=O)[C@@H]2Cc3ccc(cc3)NC(=O)CCN3CCN(CCC(=O)Nc4ccc(cc4)C[C@@H](NS(=O)(=O)NC4CCCCC4)C(=O)N2)CC3)cc1.O=C(O)C(F)(F)F.O=C(O)C(F)(F)F.O=C(O)C(F)(F)F. The van der Waals surface area contributed by atoms with E-state index in [-0.39, 0.29) is 37.2 Å². The van der Waals surface area contributed by atoms with E-state index in [0.717, 1.165) is 62.1 Å². The van der Waals surface area contributed by atoms with Gasteiger partial charge in [-0.1, -0.05) is 67.8 Å². The highest BCUT2D eigenvalue weighted by Crippen LogP contribution is 2.20. The predicted molar refractivity (Wildman–Crippen MR) is 265 cm³/mol. The van der Waals surface area contributed by atoms with Gasteiger partial charge in [-0.3, -0.25) is 19.2 Å². The minimum Gasteiger partial charge on any atom is -0.475 e. The van der Waals surface area contributed by atoms with Gasteiger partial charge in [0.15, 0.2) is 0 Å². The number of anilines is 2. The van der Waals surface area contributed by atoms with Crippen molar-refractivity contribution in [3.63, 3.8) is 0 Å². The summed E-state index contributed by atoms with van der Waals surface area (Å²) in [6.07, 6.45) is -10.2. The lowest BCUT2D eigenvalue weighted by Gasteiger charge is -2.34. The lowest BCUT2D eigenvalue weighted by molar-refractivity contribution is -0.193. The van der Waals surface area contributed by atoms with E-state index in [9.17, 15) is 67.1 Å². The Hall–Kier alpha value is -6.93. The summed E-state index contributed by atoms with van der Waals surface area (Å²) >= 11 is 0. The van der Waals surface area contributed by atoms with Crippen molar-refractivity contribution in [1.29, 1.82) is 0 Å². The molecule has 0 unspecified atom stereocenters. The van der Waals surface area contributed by atoms with Crippen molar-refractivity contribution >= 4 is 63.1 Å². The van der Waals surface area contributed by atoms with Crippen LogP contribution in [-0.2, 0) is 69.7 Å². The van der Waals surface area contributed by atoms with Gasteiger partial charge in [-0.2, -0.15) is 57.4 Å². The summed E-state index contributed by atoms with van der Waals surface area (Å²) in [7, 11) is -4.13. The normalized spacial score (nSPS) is 20.0. The van der Waals surface area contributed by atoms with Crippen LogP contribution in [0, 0.1) is 0 Å². The first-order chi connectivity index (χ1) is 36.8. The van der Waals surface area contributed by atoms with E-state index in [1.54, 1.807) is 48.5 Å². The number of carboxylic acid groups (broad SMARTS) is 3. The second-order valence-corrected chi connectivity index (χ2v) is 19.4. The maximum absolute atomic E-state index is 14.2. The number of aliphatic carboxylic acids is 3. The molecule has 1 aliphatic carbocycles. The maximum Gasteiger partial charge on any atom is 0.490 e. The predicted octanol–water partition coefficient (Wildman–Crippen LogP) is 4.05. The van der Waals surface area contributed by atoms with Crippen LogP contribution in [0.25, 0.3) is 0 Å². The largest absolute Gasteiger partial charge is 0.490 e. The van der Waals surface area contributed by atoms with Crippen molar-refractivity contribution in [3.8, 4) is 0 Å². The molecule has 21 nitrogen and oxygen atoms in total. The number of carboxylic acids is 3. The highest BCUT2D eigenvalue weighted by Gasteiger charge is 2.40. The standard InChI is InChI=1S/C42H57N9O6S.3C2HF3O2/c43-28-32-6-8-33(9-7-32)29-44-41(54)37-26-30-10-14-34(15-11-30)45-39(52)18-20-50-22-24-51(25-23-50)21-19-40(53)46-35-16-12-31(13-17-35)27-38(42(55)47-37)49-58(56,57)48-36-4-2-1-3-5-36;3*3-2(4,5)1(6)7/h6-17,36-38,48-49H,1-5,18-29,43H2,(H,44,54)(H,45,52)(H,46,53)(H,47,55);3*(H,6,7)/t37-,38+;;;/m0.../s1. The third-order valence-electron chi connectivity index (χ3n) is 11.8. The molecule has 11 N–H and O–H groups in total. The molecule has 2 atom stereocenters. The summed E-state index contributed by atoms with van der Waals surface area (Å²) in [5.74, 6) is -9.64. The first-order valence-corrected chi connectivity index (χ1v) is 25.6. The summed E-state index contributed by atoms with van der Waals surface area (Å²) in [6, 6.07) is 19.0. The second kappa shape index (κ2) is 31.0. The molecule has 0 radical (unpaired) electrons. The van der Waals surface area contributed by atoms with Crippen LogP contribution in [-0.4, -0.2) is 151 Å². The molecule has 9 rings (SSSR count). The zero-order valence-corrected chi connectivity index (χ0v) is 42.8. The van der Waals surface area contributed by atoms with E-state index in [0.29, 0.717) is 62.3 Å².